The zero-order chi connectivity index (χ0) is 15.7. The minimum absolute atomic E-state index is 0.206. The first-order valence-corrected chi connectivity index (χ1v) is 7.06. The molecule has 7 nitrogen and oxygen atoms in total. The van der Waals surface area contributed by atoms with Crippen molar-refractivity contribution >= 4 is 22.2 Å². The first-order chi connectivity index (χ1) is 10.7. The summed E-state index contributed by atoms with van der Waals surface area (Å²) in [5, 5.41) is 0.741. The van der Waals surface area contributed by atoms with Crippen LogP contribution in [0.15, 0.2) is 21.6 Å². The third-order valence-corrected chi connectivity index (χ3v) is 3.48. The van der Waals surface area contributed by atoms with Gasteiger partial charge in [0.25, 0.3) is 5.56 Å². The molecule has 0 saturated heterocycles. The fraction of sp³-hybridized carbons (Fsp3) is 0.400. The number of hydrogen-bond acceptors (Lipinski definition) is 6. The zero-order valence-electron chi connectivity index (χ0n) is 12.8. The SMILES string of the molecule is CCOCCn1cnc2c(oc3nc(OC)cc(C)c32)c1=O. The molecule has 3 aromatic heterocycles. The highest BCUT2D eigenvalue weighted by molar-refractivity contribution is 6.02. The molecule has 0 fully saturated rings. The number of furan rings is 1. The van der Waals surface area contributed by atoms with Crippen LogP contribution in [-0.2, 0) is 11.3 Å². The smallest absolute Gasteiger partial charge is 0.297 e. The largest absolute Gasteiger partial charge is 0.481 e. The molecule has 116 valence electrons. The van der Waals surface area contributed by atoms with Crippen LogP contribution in [0.5, 0.6) is 5.88 Å². The van der Waals surface area contributed by atoms with Crippen LogP contribution in [0.3, 0.4) is 0 Å². The van der Waals surface area contributed by atoms with Gasteiger partial charge in [-0.15, -0.1) is 0 Å². The van der Waals surface area contributed by atoms with Crippen LogP contribution in [0.25, 0.3) is 22.2 Å². The Hall–Kier alpha value is -2.41. The van der Waals surface area contributed by atoms with E-state index in [4.69, 9.17) is 13.9 Å². The van der Waals surface area contributed by atoms with Crippen molar-refractivity contribution in [3.63, 3.8) is 0 Å². The van der Waals surface area contributed by atoms with Gasteiger partial charge in [0, 0.05) is 12.7 Å². The van der Waals surface area contributed by atoms with Crippen molar-refractivity contribution < 1.29 is 13.9 Å². The maximum absolute atomic E-state index is 12.5. The lowest BCUT2D eigenvalue weighted by atomic mass is 10.2. The fourth-order valence-electron chi connectivity index (χ4n) is 2.38. The minimum atomic E-state index is -0.235. The summed E-state index contributed by atoms with van der Waals surface area (Å²) in [5.41, 5.74) is 1.76. The predicted molar refractivity (Wildman–Crippen MR) is 81.4 cm³/mol. The second-order valence-corrected chi connectivity index (χ2v) is 4.88. The number of hydrogen-bond donors (Lipinski definition) is 0. The molecule has 0 saturated carbocycles. The molecule has 0 spiro atoms. The quantitative estimate of drug-likeness (QED) is 0.670. The van der Waals surface area contributed by atoms with E-state index in [2.05, 4.69) is 9.97 Å². The van der Waals surface area contributed by atoms with Gasteiger partial charge in [-0.25, -0.2) is 4.98 Å². The molecule has 3 aromatic rings. The molecule has 3 heterocycles. The second kappa shape index (κ2) is 5.76. The Labute approximate surface area is 126 Å². The molecule has 0 aliphatic heterocycles. The van der Waals surface area contributed by atoms with Gasteiger partial charge < -0.3 is 13.9 Å². The number of fused-ring (bicyclic) bond motifs is 3. The van der Waals surface area contributed by atoms with E-state index in [0.717, 1.165) is 10.9 Å². The van der Waals surface area contributed by atoms with Gasteiger partial charge in [-0.05, 0) is 19.4 Å². The van der Waals surface area contributed by atoms with Gasteiger partial charge in [0.05, 0.1) is 32.0 Å². The van der Waals surface area contributed by atoms with Gasteiger partial charge >= 0.3 is 0 Å². The van der Waals surface area contributed by atoms with E-state index in [1.54, 1.807) is 6.07 Å². The average Bonchev–Trinajstić information content (AvgIpc) is 2.89. The molecule has 0 aliphatic carbocycles. The molecule has 0 radical (unpaired) electrons. The molecule has 0 unspecified atom stereocenters. The Balaban J connectivity index is 2.17. The molecule has 0 atom stereocenters. The number of nitrogens with zero attached hydrogens (tertiary/aromatic N) is 3. The zero-order valence-corrected chi connectivity index (χ0v) is 12.8. The van der Waals surface area contributed by atoms with Gasteiger partial charge in [0.2, 0.25) is 17.2 Å². The first-order valence-electron chi connectivity index (χ1n) is 7.06. The summed E-state index contributed by atoms with van der Waals surface area (Å²) in [6.45, 7) is 5.31. The molecule has 22 heavy (non-hydrogen) atoms. The van der Waals surface area contributed by atoms with E-state index in [-0.39, 0.29) is 11.1 Å². The maximum atomic E-state index is 12.5. The van der Waals surface area contributed by atoms with Crippen molar-refractivity contribution in [2.45, 2.75) is 20.4 Å². The van der Waals surface area contributed by atoms with Crippen molar-refractivity contribution in [2.24, 2.45) is 0 Å². The molecular formula is C15H17N3O4. The summed E-state index contributed by atoms with van der Waals surface area (Å²) in [6, 6.07) is 1.79. The molecule has 0 bridgehead atoms. The van der Waals surface area contributed by atoms with Gasteiger partial charge in [-0.2, -0.15) is 4.98 Å². The van der Waals surface area contributed by atoms with Crippen LogP contribution in [0.2, 0.25) is 0 Å². The Morgan fingerprint density at radius 2 is 2.23 bits per heavy atom. The highest BCUT2D eigenvalue weighted by Gasteiger charge is 2.17. The maximum Gasteiger partial charge on any atom is 0.297 e. The summed E-state index contributed by atoms with van der Waals surface area (Å²) in [6.07, 6.45) is 1.52. The number of methoxy groups -OCH3 is 1. The Kier molecular flexibility index (Phi) is 3.81. The standard InChI is InChI=1S/C15H17N3O4/c1-4-21-6-5-18-8-16-12-11-9(2)7-10(20-3)17-14(11)22-13(12)15(18)19/h7-8H,4-6H2,1-3H3. The lowest BCUT2D eigenvalue weighted by molar-refractivity contribution is 0.138. The van der Waals surface area contributed by atoms with E-state index in [9.17, 15) is 4.79 Å². The summed E-state index contributed by atoms with van der Waals surface area (Å²) < 4.78 is 17.5. The summed E-state index contributed by atoms with van der Waals surface area (Å²) >= 11 is 0. The normalized spacial score (nSPS) is 11.4. The monoisotopic (exact) mass is 303 g/mol. The van der Waals surface area contributed by atoms with E-state index in [1.165, 1.54) is 18.0 Å². The first kappa shape index (κ1) is 14.5. The second-order valence-electron chi connectivity index (χ2n) is 4.88. The minimum Gasteiger partial charge on any atom is -0.481 e. The van der Waals surface area contributed by atoms with Crippen molar-refractivity contribution in [1.82, 2.24) is 14.5 Å². The van der Waals surface area contributed by atoms with Crippen LogP contribution < -0.4 is 10.3 Å². The van der Waals surface area contributed by atoms with Crippen LogP contribution in [0, 0.1) is 6.92 Å². The highest BCUT2D eigenvalue weighted by atomic mass is 16.5. The van der Waals surface area contributed by atoms with Crippen molar-refractivity contribution in [3.05, 3.63) is 28.3 Å². The van der Waals surface area contributed by atoms with Gasteiger partial charge in [-0.3, -0.25) is 9.36 Å². The molecule has 0 amide bonds. The summed E-state index contributed by atoms with van der Waals surface area (Å²) in [7, 11) is 1.54. The van der Waals surface area contributed by atoms with Gasteiger partial charge in [0.1, 0.15) is 5.52 Å². The summed E-state index contributed by atoms with van der Waals surface area (Å²) in [4.78, 5) is 21.1. The van der Waals surface area contributed by atoms with Crippen molar-refractivity contribution in [2.75, 3.05) is 20.3 Å². The molecule has 0 aliphatic rings. The van der Waals surface area contributed by atoms with Crippen LogP contribution in [-0.4, -0.2) is 34.9 Å². The lowest BCUT2D eigenvalue weighted by Gasteiger charge is -2.04. The number of ether oxygens (including phenoxy) is 2. The molecule has 7 heteroatoms. The third-order valence-electron chi connectivity index (χ3n) is 3.48. The van der Waals surface area contributed by atoms with Gasteiger partial charge in [-0.1, -0.05) is 0 Å². The third kappa shape index (κ3) is 2.33. The lowest BCUT2D eigenvalue weighted by Crippen LogP contribution is -2.22. The average molecular weight is 303 g/mol. The highest BCUT2D eigenvalue weighted by Crippen LogP contribution is 2.28. The van der Waals surface area contributed by atoms with Crippen LogP contribution >= 0.6 is 0 Å². The molecule has 0 N–H and O–H groups in total. The van der Waals surface area contributed by atoms with E-state index in [1.807, 2.05) is 13.8 Å². The topological polar surface area (TPSA) is 79.4 Å². The fourth-order valence-corrected chi connectivity index (χ4v) is 2.38. The summed E-state index contributed by atoms with van der Waals surface area (Å²) in [5.74, 6) is 0.445. The number of rotatable bonds is 5. The van der Waals surface area contributed by atoms with E-state index >= 15 is 0 Å². The molecule has 3 rings (SSSR count). The van der Waals surface area contributed by atoms with Crippen molar-refractivity contribution in [1.29, 1.82) is 0 Å². The predicted octanol–water partition coefficient (Wildman–Crippen LogP) is 1.89. The molecular weight excluding hydrogens is 286 g/mol. The van der Waals surface area contributed by atoms with E-state index < -0.39 is 0 Å². The Bertz CT molecular complexity index is 882. The van der Waals surface area contributed by atoms with Crippen molar-refractivity contribution in [3.8, 4) is 5.88 Å². The van der Waals surface area contributed by atoms with Gasteiger partial charge in [0.15, 0.2) is 0 Å². The molecule has 0 aromatic carbocycles. The van der Waals surface area contributed by atoms with Crippen LogP contribution in [0.1, 0.15) is 12.5 Å². The Morgan fingerprint density at radius 1 is 1.41 bits per heavy atom. The number of pyridine rings is 1. The number of aryl methyl sites for hydroxylation is 1. The van der Waals surface area contributed by atoms with Crippen LogP contribution in [0.4, 0.5) is 0 Å². The van der Waals surface area contributed by atoms with E-state index in [0.29, 0.717) is 36.9 Å². The Morgan fingerprint density at radius 3 is 2.95 bits per heavy atom. The number of aromatic nitrogens is 3.